The molecule has 7 heteroatoms. The number of benzene rings is 1. The van der Waals surface area contributed by atoms with Gasteiger partial charge < -0.3 is 19.9 Å². The first-order valence-electron chi connectivity index (χ1n) is 6.88. The molecule has 2 aromatic rings. The first-order valence-corrected chi connectivity index (χ1v) is 6.88. The summed E-state index contributed by atoms with van der Waals surface area (Å²) in [6.07, 6.45) is 1.44. The topological polar surface area (TPSA) is 91.5 Å². The Bertz CT molecular complexity index is 752. The van der Waals surface area contributed by atoms with Crippen molar-refractivity contribution in [3.63, 3.8) is 0 Å². The van der Waals surface area contributed by atoms with Crippen LogP contribution in [0.5, 0.6) is 5.75 Å². The molecule has 2 rings (SSSR count). The van der Waals surface area contributed by atoms with Crippen molar-refractivity contribution in [2.45, 2.75) is 0 Å². The van der Waals surface area contributed by atoms with Crippen molar-refractivity contribution in [2.24, 2.45) is 0 Å². The lowest BCUT2D eigenvalue weighted by Crippen LogP contribution is -2.37. The molecule has 1 aromatic carbocycles. The van der Waals surface area contributed by atoms with E-state index in [1.165, 1.54) is 24.2 Å². The van der Waals surface area contributed by atoms with Gasteiger partial charge in [0, 0.05) is 18.9 Å². The molecule has 1 aromatic heterocycles. The number of nitrogens with zero attached hydrogens (tertiary/aromatic N) is 1. The highest BCUT2D eigenvalue weighted by Gasteiger charge is 2.17. The zero-order chi connectivity index (χ0) is 16.8. The third-order valence-corrected chi connectivity index (χ3v) is 3.15. The third-order valence-electron chi connectivity index (χ3n) is 3.15. The fourth-order valence-corrected chi connectivity index (χ4v) is 1.96. The summed E-state index contributed by atoms with van der Waals surface area (Å²) in [5.74, 6) is -0.200. The van der Waals surface area contributed by atoms with Crippen LogP contribution in [0.2, 0.25) is 0 Å². The number of nitrogens with one attached hydrogen (secondary N) is 2. The Labute approximate surface area is 132 Å². The number of rotatable bonds is 5. The predicted molar refractivity (Wildman–Crippen MR) is 85.6 cm³/mol. The van der Waals surface area contributed by atoms with E-state index in [0.29, 0.717) is 11.4 Å². The molecule has 0 radical (unpaired) electrons. The molecule has 23 heavy (non-hydrogen) atoms. The zero-order valence-electron chi connectivity index (χ0n) is 12.8. The van der Waals surface area contributed by atoms with Gasteiger partial charge in [-0.25, -0.2) is 0 Å². The fourth-order valence-electron chi connectivity index (χ4n) is 1.96. The number of H-pyrrole nitrogens is 1. The smallest absolute Gasteiger partial charge is 0.260 e. The van der Waals surface area contributed by atoms with Gasteiger partial charge in [-0.2, -0.15) is 0 Å². The summed E-state index contributed by atoms with van der Waals surface area (Å²) in [6.45, 7) is -0.167. The summed E-state index contributed by atoms with van der Waals surface area (Å²) in [7, 11) is 3.02. The van der Waals surface area contributed by atoms with Gasteiger partial charge in [0.1, 0.15) is 11.3 Å². The number of ether oxygens (including phenoxy) is 1. The van der Waals surface area contributed by atoms with Gasteiger partial charge in [0.15, 0.2) is 0 Å². The summed E-state index contributed by atoms with van der Waals surface area (Å²) in [5, 5.41) is 2.67. The SMILES string of the molecule is COc1ccc(NC(=O)CN(C)C(=O)c2ccc[nH]c2=O)cc1. The predicted octanol–water partition coefficient (Wildman–Crippen LogP) is 1.09. The van der Waals surface area contributed by atoms with Crippen LogP contribution in [0.15, 0.2) is 47.4 Å². The number of hydrogen-bond donors (Lipinski definition) is 2. The van der Waals surface area contributed by atoms with E-state index in [-0.39, 0.29) is 18.0 Å². The number of methoxy groups -OCH3 is 1. The van der Waals surface area contributed by atoms with Crippen LogP contribution in [0.4, 0.5) is 5.69 Å². The molecule has 0 saturated heterocycles. The number of likely N-dealkylation sites (N-methyl/N-ethyl adjacent to an activating group) is 1. The van der Waals surface area contributed by atoms with E-state index in [4.69, 9.17) is 4.74 Å². The molecule has 120 valence electrons. The standard InChI is InChI=1S/C16H17N3O4/c1-19(16(22)13-4-3-9-17-15(13)21)10-14(20)18-11-5-7-12(23-2)8-6-11/h3-9H,10H2,1-2H3,(H,17,21)(H,18,20). The zero-order valence-corrected chi connectivity index (χ0v) is 12.8. The van der Waals surface area contributed by atoms with Crippen LogP contribution in [0.1, 0.15) is 10.4 Å². The molecule has 0 aliphatic carbocycles. The van der Waals surface area contributed by atoms with E-state index in [1.54, 1.807) is 37.4 Å². The summed E-state index contributed by atoms with van der Waals surface area (Å²) in [6, 6.07) is 9.79. The Morgan fingerprint density at radius 3 is 2.52 bits per heavy atom. The van der Waals surface area contributed by atoms with Crippen molar-refractivity contribution < 1.29 is 14.3 Å². The molecule has 2 amide bonds. The van der Waals surface area contributed by atoms with Crippen molar-refractivity contribution in [1.82, 2.24) is 9.88 Å². The fraction of sp³-hybridized carbons (Fsp3) is 0.188. The summed E-state index contributed by atoms with van der Waals surface area (Å²) in [5.41, 5.74) is 0.0985. The van der Waals surface area contributed by atoms with Gasteiger partial charge in [-0.1, -0.05) is 0 Å². The van der Waals surface area contributed by atoms with Gasteiger partial charge >= 0.3 is 0 Å². The average Bonchev–Trinajstić information content (AvgIpc) is 2.55. The second kappa shape index (κ2) is 7.26. The molecule has 0 unspecified atom stereocenters. The van der Waals surface area contributed by atoms with Crippen LogP contribution in [0, 0.1) is 0 Å². The second-order valence-electron chi connectivity index (χ2n) is 4.85. The van der Waals surface area contributed by atoms with Crippen LogP contribution >= 0.6 is 0 Å². The highest BCUT2D eigenvalue weighted by Crippen LogP contribution is 2.14. The molecular formula is C16H17N3O4. The van der Waals surface area contributed by atoms with Gasteiger partial charge in [0.25, 0.3) is 11.5 Å². The molecule has 0 bridgehead atoms. The summed E-state index contributed by atoms with van der Waals surface area (Å²) < 4.78 is 5.03. The highest BCUT2D eigenvalue weighted by molar-refractivity contribution is 5.99. The first-order chi connectivity index (χ1) is 11.0. The number of carbonyl (C=O) groups excluding carboxylic acids is 2. The normalized spacial score (nSPS) is 10.0. The Hall–Kier alpha value is -3.09. The molecule has 0 aliphatic rings. The minimum atomic E-state index is -0.517. The quantitative estimate of drug-likeness (QED) is 0.864. The van der Waals surface area contributed by atoms with Crippen molar-refractivity contribution in [1.29, 1.82) is 0 Å². The largest absolute Gasteiger partial charge is 0.497 e. The number of pyridine rings is 1. The summed E-state index contributed by atoms with van der Waals surface area (Å²) in [4.78, 5) is 39.3. The molecule has 0 aliphatic heterocycles. The van der Waals surface area contributed by atoms with Gasteiger partial charge in [0.05, 0.1) is 13.7 Å². The number of hydrogen-bond acceptors (Lipinski definition) is 4. The van der Waals surface area contributed by atoms with Gasteiger partial charge in [-0.3, -0.25) is 14.4 Å². The summed E-state index contributed by atoms with van der Waals surface area (Å²) >= 11 is 0. The lowest BCUT2D eigenvalue weighted by molar-refractivity contribution is -0.116. The molecule has 2 N–H and O–H groups in total. The van der Waals surface area contributed by atoms with E-state index in [9.17, 15) is 14.4 Å². The number of amides is 2. The van der Waals surface area contributed by atoms with Crippen LogP contribution < -0.4 is 15.6 Å². The van der Waals surface area contributed by atoms with E-state index in [0.717, 1.165) is 0 Å². The minimum absolute atomic E-state index is 0.00718. The lowest BCUT2D eigenvalue weighted by atomic mass is 10.2. The molecule has 0 spiro atoms. The van der Waals surface area contributed by atoms with Crippen molar-refractivity contribution in [2.75, 3.05) is 26.0 Å². The van der Waals surface area contributed by atoms with Crippen LogP contribution in [-0.2, 0) is 4.79 Å². The van der Waals surface area contributed by atoms with Crippen molar-refractivity contribution >= 4 is 17.5 Å². The maximum absolute atomic E-state index is 12.1. The van der Waals surface area contributed by atoms with Crippen molar-refractivity contribution in [3.05, 3.63) is 58.5 Å². The number of carbonyl (C=O) groups is 2. The maximum Gasteiger partial charge on any atom is 0.260 e. The van der Waals surface area contributed by atoms with E-state index in [1.807, 2.05) is 0 Å². The van der Waals surface area contributed by atoms with Crippen LogP contribution in [-0.4, -0.2) is 42.4 Å². The van der Waals surface area contributed by atoms with Crippen LogP contribution in [0.3, 0.4) is 0 Å². The third kappa shape index (κ3) is 4.19. The number of anilines is 1. The van der Waals surface area contributed by atoms with Gasteiger partial charge in [0.2, 0.25) is 5.91 Å². The Morgan fingerprint density at radius 2 is 1.91 bits per heavy atom. The van der Waals surface area contributed by atoms with Gasteiger partial charge in [-0.15, -0.1) is 0 Å². The molecule has 7 nitrogen and oxygen atoms in total. The van der Waals surface area contributed by atoms with Crippen LogP contribution in [0.25, 0.3) is 0 Å². The van der Waals surface area contributed by atoms with E-state index < -0.39 is 11.5 Å². The Kier molecular flexibility index (Phi) is 5.14. The minimum Gasteiger partial charge on any atom is -0.497 e. The van der Waals surface area contributed by atoms with E-state index in [2.05, 4.69) is 10.3 Å². The van der Waals surface area contributed by atoms with E-state index >= 15 is 0 Å². The first kappa shape index (κ1) is 16.3. The monoisotopic (exact) mass is 315 g/mol. The average molecular weight is 315 g/mol. The Morgan fingerprint density at radius 1 is 1.22 bits per heavy atom. The molecule has 0 saturated carbocycles. The number of aromatic amines is 1. The Balaban J connectivity index is 1.97. The van der Waals surface area contributed by atoms with Crippen molar-refractivity contribution in [3.8, 4) is 5.75 Å². The second-order valence-corrected chi connectivity index (χ2v) is 4.85. The van der Waals surface area contributed by atoms with Gasteiger partial charge in [-0.05, 0) is 36.4 Å². The molecule has 1 heterocycles. The highest BCUT2D eigenvalue weighted by atomic mass is 16.5. The maximum atomic E-state index is 12.1. The molecular weight excluding hydrogens is 298 g/mol. The number of aromatic nitrogens is 1. The molecule has 0 fully saturated rings. The lowest BCUT2D eigenvalue weighted by Gasteiger charge is -2.16. The molecule has 0 atom stereocenters.